The number of nitrogens with zero attached hydrogens (tertiary/aromatic N) is 1. The van der Waals surface area contributed by atoms with Crippen LogP contribution in [0.25, 0.3) is 11.1 Å². The van der Waals surface area contributed by atoms with Gasteiger partial charge in [0.2, 0.25) is 0 Å². The molecule has 0 spiro atoms. The highest BCUT2D eigenvalue weighted by molar-refractivity contribution is 6.31. The summed E-state index contributed by atoms with van der Waals surface area (Å²) in [7, 11) is 0. The maximum atomic E-state index is 12.8. The van der Waals surface area contributed by atoms with Gasteiger partial charge in [0.25, 0.3) is 0 Å². The van der Waals surface area contributed by atoms with Crippen molar-refractivity contribution in [2.24, 2.45) is 0 Å². The molecule has 1 aromatic heterocycles. The fourth-order valence-electron chi connectivity index (χ4n) is 3.60. The molecular formula is C22H18ClF3N2O. The van der Waals surface area contributed by atoms with Gasteiger partial charge >= 0.3 is 6.18 Å². The molecule has 1 unspecified atom stereocenters. The molecule has 1 atom stereocenters. The maximum Gasteiger partial charge on any atom is 0.416 e. The fraction of sp³-hybridized carbons (Fsp3) is 0.227. The van der Waals surface area contributed by atoms with Crippen molar-refractivity contribution < 1.29 is 18.3 Å². The number of nitrogens with one attached hydrogen (secondary N) is 1. The maximum absolute atomic E-state index is 12.8. The van der Waals surface area contributed by atoms with Crippen molar-refractivity contribution in [2.45, 2.75) is 31.5 Å². The van der Waals surface area contributed by atoms with Gasteiger partial charge in [-0.15, -0.1) is 0 Å². The fourth-order valence-corrected chi connectivity index (χ4v) is 3.87. The Morgan fingerprint density at radius 3 is 2.48 bits per heavy atom. The predicted octanol–water partition coefficient (Wildman–Crippen LogP) is 6.01. The van der Waals surface area contributed by atoms with Gasteiger partial charge in [-0.1, -0.05) is 23.7 Å². The molecule has 0 amide bonds. The number of pyridine rings is 1. The minimum Gasteiger partial charge on any atom is -0.393 e. The Bertz CT molecular complexity index is 1040. The summed E-state index contributed by atoms with van der Waals surface area (Å²) in [5.41, 5.74) is 3.55. The lowest BCUT2D eigenvalue weighted by molar-refractivity contribution is -0.137. The molecule has 4 rings (SSSR count). The number of aromatic nitrogens is 1. The molecule has 1 heterocycles. The third kappa shape index (κ3) is 4.23. The third-order valence-electron chi connectivity index (χ3n) is 5.11. The second kappa shape index (κ2) is 7.69. The Balaban J connectivity index is 1.62. The van der Waals surface area contributed by atoms with Crippen LogP contribution in [0.5, 0.6) is 0 Å². The Hall–Kier alpha value is -2.57. The summed E-state index contributed by atoms with van der Waals surface area (Å²) in [5.74, 6) is 0.562. The van der Waals surface area contributed by atoms with E-state index in [1.807, 2.05) is 12.1 Å². The van der Waals surface area contributed by atoms with Crippen LogP contribution in [0.2, 0.25) is 5.02 Å². The second-order valence-corrected chi connectivity index (χ2v) is 7.49. The van der Waals surface area contributed by atoms with Crippen LogP contribution in [0.15, 0.2) is 54.7 Å². The van der Waals surface area contributed by atoms with E-state index in [0.717, 1.165) is 34.5 Å². The summed E-state index contributed by atoms with van der Waals surface area (Å²) in [6, 6.07) is 12.2. The Kier molecular flexibility index (Phi) is 5.23. The molecule has 0 saturated carbocycles. The monoisotopic (exact) mass is 418 g/mol. The summed E-state index contributed by atoms with van der Waals surface area (Å²) in [4.78, 5) is 4.32. The van der Waals surface area contributed by atoms with Gasteiger partial charge in [0, 0.05) is 23.3 Å². The first-order valence-corrected chi connectivity index (χ1v) is 9.58. The summed E-state index contributed by atoms with van der Waals surface area (Å²) < 4.78 is 38.3. The lowest BCUT2D eigenvalue weighted by Crippen LogP contribution is -2.20. The van der Waals surface area contributed by atoms with Crippen molar-refractivity contribution in [3.8, 4) is 11.1 Å². The van der Waals surface area contributed by atoms with Gasteiger partial charge in [0.05, 0.1) is 11.7 Å². The van der Waals surface area contributed by atoms with Crippen molar-refractivity contribution in [2.75, 3.05) is 5.32 Å². The van der Waals surface area contributed by atoms with Crippen molar-refractivity contribution in [3.63, 3.8) is 0 Å². The molecule has 3 aromatic rings. The van der Waals surface area contributed by atoms with Gasteiger partial charge < -0.3 is 10.4 Å². The predicted molar refractivity (Wildman–Crippen MR) is 107 cm³/mol. The topological polar surface area (TPSA) is 45.1 Å². The summed E-state index contributed by atoms with van der Waals surface area (Å²) in [6.07, 6.45) is -1.26. The highest BCUT2D eigenvalue weighted by atomic mass is 35.5. The number of halogens is 4. The zero-order chi connectivity index (χ0) is 20.6. The SMILES string of the molecule is OC1CCc2c(Cl)ccc(Nc3cc(-c4ccc(C(F)(F)F)cc4)ccn3)c2C1. The van der Waals surface area contributed by atoms with Gasteiger partial charge in [-0.2, -0.15) is 13.2 Å². The van der Waals surface area contributed by atoms with E-state index in [2.05, 4.69) is 10.3 Å². The number of fused-ring (bicyclic) bond motifs is 1. The first kappa shape index (κ1) is 19.7. The Labute approximate surface area is 171 Å². The largest absolute Gasteiger partial charge is 0.416 e. The van der Waals surface area contributed by atoms with E-state index < -0.39 is 17.8 Å². The number of hydrogen-bond acceptors (Lipinski definition) is 3. The number of hydrogen-bond donors (Lipinski definition) is 2. The van der Waals surface area contributed by atoms with Crippen molar-refractivity contribution in [1.82, 2.24) is 4.98 Å². The van der Waals surface area contributed by atoms with Crippen LogP contribution in [-0.4, -0.2) is 16.2 Å². The van der Waals surface area contributed by atoms with Crippen LogP contribution >= 0.6 is 11.6 Å². The molecule has 1 aliphatic rings. The highest BCUT2D eigenvalue weighted by Gasteiger charge is 2.30. The van der Waals surface area contributed by atoms with E-state index in [4.69, 9.17) is 11.6 Å². The molecule has 7 heteroatoms. The van der Waals surface area contributed by atoms with Crippen LogP contribution in [-0.2, 0) is 19.0 Å². The average molecular weight is 419 g/mol. The lowest BCUT2D eigenvalue weighted by Gasteiger charge is -2.24. The smallest absolute Gasteiger partial charge is 0.393 e. The molecule has 0 fully saturated rings. The number of aliphatic hydroxyl groups excluding tert-OH is 1. The molecule has 0 bridgehead atoms. The summed E-state index contributed by atoms with van der Waals surface area (Å²) in [5, 5.41) is 14.0. The van der Waals surface area contributed by atoms with E-state index in [9.17, 15) is 18.3 Å². The van der Waals surface area contributed by atoms with Crippen LogP contribution in [0.1, 0.15) is 23.1 Å². The summed E-state index contributed by atoms with van der Waals surface area (Å²) >= 11 is 6.31. The molecule has 1 aliphatic carbocycles. The van der Waals surface area contributed by atoms with Gasteiger partial charge in [-0.05, 0) is 71.5 Å². The van der Waals surface area contributed by atoms with Gasteiger partial charge in [0.1, 0.15) is 5.82 Å². The third-order valence-corrected chi connectivity index (χ3v) is 5.46. The molecule has 0 radical (unpaired) electrons. The number of rotatable bonds is 3. The second-order valence-electron chi connectivity index (χ2n) is 7.08. The Morgan fingerprint density at radius 2 is 1.76 bits per heavy atom. The van der Waals surface area contributed by atoms with E-state index >= 15 is 0 Å². The first-order chi connectivity index (χ1) is 13.8. The quantitative estimate of drug-likeness (QED) is 0.547. The van der Waals surface area contributed by atoms with E-state index in [1.54, 1.807) is 18.3 Å². The van der Waals surface area contributed by atoms with E-state index in [-0.39, 0.29) is 0 Å². The molecule has 0 saturated heterocycles. The number of anilines is 2. The number of alkyl halides is 3. The molecule has 29 heavy (non-hydrogen) atoms. The average Bonchev–Trinajstić information content (AvgIpc) is 2.70. The highest BCUT2D eigenvalue weighted by Crippen LogP contribution is 2.35. The van der Waals surface area contributed by atoms with Crippen LogP contribution in [0.3, 0.4) is 0 Å². The lowest BCUT2D eigenvalue weighted by atomic mass is 9.88. The first-order valence-electron chi connectivity index (χ1n) is 9.20. The number of benzene rings is 2. The van der Waals surface area contributed by atoms with E-state index in [1.165, 1.54) is 12.1 Å². The molecular weight excluding hydrogens is 401 g/mol. The molecule has 150 valence electrons. The minimum atomic E-state index is -4.36. The normalized spacial score (nSPS) is 16.4. The zero-order valence-electron chi connectivity index (χ0n) is 15.3. The Morgan fingerprint density at radius 1 is 1.00 bits per heavy atom. The van der Waals surface area contributed by atoms with Crippen molar-refractivity contribution in [1.29, 1.82) is 0 Å². The molecule has 2 aromatic carbocycles. The molecule has 2 N–H and O–H groups in total. The zero-order valence-corrected chi connectivity index (χ0v) is 16.1. The van der Waals surface area contributed by atoms with Gasteiger partial charge in [-0.3, -0.25) is 0 Å². The minimum absolute atomic E-state index is 0.409. The summed E-state index contributed by atoms with van der Waals surface area (Å²) in [6.45, 7) is 0. The van der Waals surface area contributed by atoms with Crippen LogP contribution < -0.4 is 5.32 Å². The number of aliphatic hydroxyl groups is 1. The standard InChI is InChI=1S/C22H18ClF3N2O/c23-19-7-8-20(18-12-16(29)5-6-17(18)19)28-21-11-14(9-10-27-21)13-1-3-15(4-2-13)22(24,25)26/h1-4,7-11,16,29H,5-6,12H2,(H,27,28). The van der Waals surface area contributed by atoms with Gasteiger partial charge in [0.15, 0.2) is 0 Å². The molecule has 3 nitrogen and oxygen atoms in total. The van der Waals surface area contributed by atoms with E-state index in [0.29, 0.717) is 35.7 Å². The molecule has 0 aliphatic heterocycles. The van der Waals surface area contributed by atoms with Crippen molar-refractivity contribution >= 4 is 23.1 Å². The van der Waals surface area contributed by atoms with Crippen LogP contribution in [0, 0.1) is 0 Å². The van der Waals surface area contributed by atoms with Crippen molar-refractivity contribution in [3.05, 3.63) is 76.4 Å². The van der Waals surface area contributed by atoms with Gasteiger partial charge in [-0.25, -0.2) is 4.98 Å². The van der Waals surface area contributed by atoms with Crippen LogP contribution in [0.4, 0.5) is 24.7 Å².